The Balaban J connectivity index is 1.48. The molecule has 2 aromatic rings. The molecule has 1 aliphatic carbocycles. The minimum atomic E-state index is -3.78. The van der Waals surface area contributed by atoms with Crippen LogP contribution in [0, 0.1) is 5.82 Å². The van der Waals surface area contributed by atoms with Gasteiger partial charge in [0.2, 0.25) is 26.0 Å². The molecule has 8 nitrogen and oxygen atoms in total. The van der Waals surface area contributed by atoms with Crippen molar-refractivity contribution in [1.29, 1.82) is 0 Å². The van der Waals surface area contributed by atoms with E-state index in [0.717, 1.165) is 37.1 Å². The molecular weight excluding hydrogens is 433 g/mol. The number of carbonyl (C=O) groups is 1. The van der Waals surface area contributed by atoms with Gasteiger partial charge in [0.25, 0.3) is 0 Å². The van der Waals surface area contributed by atoms with Crippen LogP contribution in [0.1, 0.15) is 25.7 Å². The highest BCUT2D eigenvalue weighted by Gasteiger charge is 2.28. The third-order valence-corrected chi connectivity index (χ3v) is 7.32. The normalized spacial score (nSPS) is 14.4. The molecule has 1 amide bonds. The topological polar surface area (TPSA) is 121 Å². The molecule has 1 fully saturated rings. The molecule has 0 spiro atoms. The average molecular weight is 456 g/mol. The van der Waals surface area contributed by atoms with Crippen LogP contribution in [0.2, 0.25) is 0 Å². The van der Waals surface area contributed by atoms with Gasteiger partial charge in [0, 0.05) is 24.7 Å². The lowest BCUT2D eigenvalue weighted by molar-refractivity contribution is -0.116. The molecule has 30 heavy (non-hydrogen) atoms. The van der Waals surface area contributed by atoms with Gasteiger partial charge in [-0.1, -0.05) is 6.07 Å². The summed E-state index contributed by atoms with van der Waals surface area (Å²) >= 11 is 0. The van der Waals surface area contributed by atoms with Crippen LogP contribution in [-0.4, -0.2) is 35.3 Å². The van der Waals surface area contributed by atoms with Crippen molar-refractivity contribution < 1.29 is 26.0 Å². The van der Waals surface area contributed by atoms with E-state index in [-0.39, 0.29) is 41.1 Å². The Morgan fingerprint density at radius 1 is 0.967 bits per heavy atom. The molecule has 2 aromatic carbocycles. The van der Waals surface area contributed by atoms with Crippen molar-refractivity contribution in [2.75, 3.05) is 11.9 Å². The second-order valence-electron chi connectivity index (χ2n) is 6.93. The molecule has 1 saturated carbocycles. The van der Waals surface area contributed by atoms with Gasteiger partial charge in [0.05, 0.1) is 9.79 Å². The van der Waals surface area contributed by atoms with Crippen molar-refractivity contribution in [3.8, 4) is 0 Å². The third-order valence-electron chi connectivity index (χ3n) is 4.32. The Morgan fingerprint density at radius 2 is 1.67 bits per heavy atom. The van der Waals surface area contributed by atoms with Crippen LogP contribution < -0.4 is 14.8 Å². The molecule has 3 rings (SSSR count). The van der Waals surface area contributed by atoms with Gasteiger partial charge in [-0.2, -0.15) is 0 Å². The van der Waals surface area contributed by atoms with Gasteiger partial charge in [0.1, 0.15) is 5.82 Å². The quantitative estimate of drug-likeness (QED) is 0.473. The molecule has 162 valence electrons. The van der Waals surface area contributed by atoms with Crippen molar-refractivity contribution in [3.63, 3.8) is 0 Å². The van der Waals surface area contributed by atoms with Crippen LogP contribution >= 0.6 is 0 Å². The fraction of sp³-hybridized carbons (Fsp3) is 0.316. The molecule has 0 saturated heterocycles. The molecular formula is C19H22FN3O5S2. The zero-order valence-electron chi connectivity index (χ0n) is 16.0. The summed E-state index contributed by atoms with van der Waals surface area (Å²) in [5.41, 5.74) is 0.338. The fourth-order valence-electron chi connectivity index (χ4n) is 2.61. The number of anilines is 1. The number of amides is 1. The molecule has 0 aliphatic heterocycles. The van der Waals surface area contributed by atoms with E-state index < -0.39 is 25.9 Å². The van der Waals surface area contributed by atoms with Crippen molar-refractivity contribution in [1.82, 2.24) is 9.44 Å². The van der Waals surface area contributed by atoms with Crippen LogP contribution in [0.3, 0.4) is 0 Å². The first-order valence-electron chi connectivity index (χ1n) is 9.33. The lowest BCUT2D eigenvalue weighted by atomic mass is 10.2. The number of rotatable bonds is 10. The molecule has 0 radical (unpaired) electrons. The first kappa shape index (κ1) is 22.3. The molecule has 0 aromatic heterocycles. The summed E-state index contributed by atoms with van der Waals surface area (Å²) in [4.78, 5) is 12.1. The predicted molar refractivity (Wildman–Crippen MR) is 109 cm³/mol. The number of carbonyl (C=O) groups excluding carboxylic acids is 1. The van der Waals surface area contributed by atoms with Crippen LogP contribution in [0.25, 0.3) is 0 Å². The predicted octanol–water partition coefficient (Wildman–Crippen LogP) is 1.96. The van der Waals surface area contributed by atoms with Gasteiger partial charge in [0.15, 0.2) is 0 Å². The molecule has 0 atom stereocenters. The SMILES string of the molecule is O=C(CCCNS(=O)(=O)c1ccc(F)cc1)Nc1cccc(S(=O)(=O)NC2CC2)c1. The maximum Gasteiger partial charge on any atom is 0.240 e. The van der Waals surface area contributed by atoms with E-state index >= 15 is 0 Å². The van der Waals surface area contributed by atoms with Crippen molar-refractivity contribution >= 4 is 31.6 Å². The second-order valence-corrected chi connectivity index (χ2v) is 10.4. The summed E-state index contributed by atoms with van der Waals surface area (Å²) in [6, 6.07) is 10.3. The largest absolute Gasteiger partial charge is 0.326 e. The number of halogens is 1. The van der Waals surface area contributed by atoms with E-state index in [4.69, 9.17) is 0 Å². The van der Waals surface area contributed by atoms with Crippen LogP contribution in [0.15, 0.2) is 58.3 Å². The zero-order valence-corrected chi connectivity index (χ0v) is 17.6. The minimum Gasteiger partial charge on any atom is -0.326 e. The van der Waals surface area contributed by atoms with Gasteiger partial charge in [-0.05, 0) is 61.7 Å². The lowest BCUT2D eigenvalue weighted by Crippen LogP contribution is -2.26. The second kappa shape index (κ2) is 9.21. The molecule has 1 aliphatic rings. The molecule has 3 N–H and O–H groups in total. The molecule has 0 heterocycles. The highest BCUT2D eigenvalue weighted by Crippen LogP contribution is 2.23. The Labute approximate surface area is 175 Å². The summed E-state index contributed by atoms with van der Waals surface area (Å²) in [5.74, 6) is -0.911. The highest BCUT2D eigenvalue weighted by atomic mass is 32.2. The summed E-state index contributed by atoms with van der Waals surface area (Å²) in [7, 11) is -7.41. The summed E-state index contributed by atoms with van der Waals surface area (Å²) < 4.78 is 66.5. The van der Waals surface area contributed by atoms with E-state index in [9.17, 15) is 26.0 Å². The smallest absolute Gasteiger partial charge is 0.240 e. The molecule has 0 unspecified atom stereocenters. The van der Waals surface area contributed by atoms with E-state index in [2.05, 4.69) is 14.8 Å². The first-order chi connectivity index (χ1) is 14.2. The number of hydrogen-bond donors (Lipinski definition) is 3. The van der Waals surface area contributed by atoms with Crippen LogP contribution in [-0.2, 0) is 24.8 Å². The maximum atomic E-state index is 12.9. The number of sulfonamides is 2. The minimum absolute atomic E-state index is 0.0207. The zero-order chi connectivity index (χ0) is 21.8. The molecule has 0 bridgehead atoms. The Morgan fingerprint density at radius 3 is 2.33 bits per heavy atom. The fourth-order valence-corrected chi connectivity index (χ4v) is 5.03. The Bertz CT molecular complexity index is 1120. The van der Waals surface area contributed by atoms with Crippen molar-refractivity contribution in [3.05, 3.63) is 54.3 Å². The summed E-state index contributed by atoms with van der Waals surface area (Å²) in [6.45, 7) is 0.0207. The summed E-state index contributed by atoms with van der Waals surface area (Å²) in [6.07, 6.45) is 1.90. The third kappa shape index (κ3) is 6.33. The first-order valence-corrected chi connectivity index (χ1v) is 12.3. The number of hydrogen-bond acceptors (Lipinski definition) is 5. The average Bonchev–Trinajstić information content (AvgIpc) is 3.49. The standard InChI is InChI=1S/C19H22FN3O5S2/c20-14-6-10-17(11-7-14)29(25,26)21-12-2-5-19(24)22-16-3-1-4-18(13-16)30(27,28)23-15-8-9-15/h1,3-4,6-7,10-11,13,15,21,23H,2,5,8-9,12H2,(H,22,24). The Hall–Kier alpha value is -2.34. The van der Waals surface area contributed by atoms with E-state index in [1.54, 1.807) is 6.07 Å². The van der Waals surface area contributed by atoms with E-state index in [1.165, 1.54) is 18.2 Å². The van der Waals surface area contributed by atoms with Gasteiger partial charge in [-0.15, -0.1) is 0 Å². The number of benzene rings is 2. The number of nitrogens with one attached hydrogen (secondary N) is 3. The summed E-state index contributed by atoms with van der Waals surface area (Å²) in [5, 5.41) is 2.61. The van der Waals surface area contributed by atoms with Crippen molar-refractivity contribution in [2.45, 2.75) is 41.5 Å². The van der Waals surface area contributed by atoms with Gasteiger partial charge in [-0.25, -0.2) is 30.7 Å². The monoisotopic (exact) mass is 455 g/mol. The van der Waals surface area contributed by atoms with Gasteiger partial charge in [-0.3, -0.25) is 4.79 Å². The lowest BCUT2D eigenvalue weighted by Gasteiger charge is -2.09. The van der Waals surface area contributed by atoms with Crippen LogP contribution in [0.4, 0.5) is 10.1 Å². The van der Waals surface area contributed by atoms with Gasteiger partial charge >= 0.3 is 0 Å². The maximum absolute atomic E-state index is 12.9. The Kier molecular flexibility index (Phi) is 6.86. The van der Waals surface area contributed by atoms with Crippen molar-refractivity contribution in [2.24, 2.45) is 0 Å². The molecule has 11 heteroatoms. The van der Waals surface area contributed by atoms with E-state index in [1.807, 2.05) is 0 Å². The van der Waals surface area contributed by atoms with E-state index in [0.29, 0.717) is 5.69 Å². The van der Waals surface area contributed by atoms with Crippen LogP contribution in [0.5, 0.6) is 0 Å². The highest BCUT2D eigenvalue weighted by molar-refractivity contribution is 7.89. The van der Waals surface area contributed by atoms with Gasteiger partial charge < -0.3 is 5.32 Å².